The molecule has 0 aliphatic rings. The standard InChI is InChI=1S/C44H58O8/c1-7-10-11-14-33-17-19-35(20-18-33)36-21-22-40(34(8-2)25-36)39-26-37(15-12-23-50-42(48)31(4)5)41(52-30-44(9-3,28-45)29-46)38(27-39)16-13-24-51-43(49)32(6)47/h17-22,25-27,45-46H,4,7-16,23-24,28-30H2,1-3,5-6H3. The minimum absolute atomic E-state index is 0.0623. The van der Waals surface area contributed by atoms with E-state index in [2.05, 4.69) is 75.0 Å². The number of hydrogen-bond acceptors (Lipinski definition) is 8. The van der Waals surface area contributed by atoms with Crippen LogP contribution in [0.5, 0.6) is 5.75 Å². The zero-order chi connectivity index (χ0) is 38.1. The highest BCUT2D eigenvalue weighted by molar-refractivity contribution is 6.32. The Hall–Kier alpha value is -4.27. The summed E-state index contributed by atoms with van der Waals surface area (Å²) in [4.78, 5) is 35.4. The number of benzene rings is 3. The van der Waals surface area contributed by atoms with Crippen LogP contribution in [0, 0.1) is 5.41 Å². The van der Waals surface area contributed by atoms with Gasteiger partial charge >= 0.3 is 11.9 Å². The molecule has 8 heteroatoms. The summed E-state index contributed by atoms with van der Waals surface area (Å²) in [6, 6.07) is 19.6. The number of ether oxygens (including phenoxy) is 3. The van der Waals surface area contributed by atoms with Crippen molar-refractivity contribution in [2.24, 2.45) is 5.41 Å². The molecule has 52 heavy (non-hydrogen) atoms. The van der Waals surface area contributed by atoms with Crippen LogP contribution in [-0.2, 0) is 49.5 Å². The third kappa shape index (κ3) is 12.2. The molecule has 8 nitrogen and oxygen atoms in total. The molecule has 3 rings (SSSR count). The Kier molecular flexibility index (Phi) is 17.3. The minimum atomic E-state index is -0.868. The zero-order valence-electron chi connectivity index (χ0n) is 31.9. The van der Waals surface area contributed by atoms with Gasteiger partial charge in [-0.05, 0) is 115 Å². The van der Waals surface area contributed by atoms with Crippen molar-refractivity contribution < 1.29 is 38.8 Å². The Morgan fingerprint density at radius 1 is 0.692 bits per heavy atom. The maximum atomic E-state index is 12.1. The van der Waals surface area contributed by atoms with Crippen LogP contribution >= 0.6 is 0 Å². The van der Waals surface area contributed by atoms with Crippen molar-refractivity contribution in [2.45, 2.75) is 98.8 Å². The van der Waals surface area contributed by atoms with Gasteiger partial charge < -0.3 is 24.4 Å². The van der Waals surface area contributed by atoms with Crippen LogP contribution in [0.1, 0.15) is 95.4 Å². The van der Waals surface area contributed by atoms with Gasteiger partial charge in [0.1, 0.15) is 5.75 Å². The first-order valence-electron chi connectivity index (χ1n) is 18.7. The van der Waals surface area contributed by atoms with Crippen molar-refractivity contribution in [1.82, 2.24) is 0 Å². The molecule has 0 spiro atoms. The van der Waals surface area contributed by atoms with Crippen LogP contribution in [0.3, 0.4) is 0 Å². The number of rotatable bonds is 23. The molecule has 0 unspecified atom stereocenters. The lowest BCUT2D eigenvalue weighted by molar-refractivity contribution is -0.153. The van der Waals surface area contributed by atoms with Crippen molar-refractivity contribution in [3.05, 3.63) is 89.0 Å². The third-order valence-electron chi connectivity index (χ3n) is 9.62. The normalized spacial score (nSPS) is 11.3. The Morgan fingerprint density at radius 3 is 1.79 bits per heavy atom. The summed E-state index contributed by atoms with van der Waals surface area (Å²) < 4.78 is 17.1. The van der Waals surface area contributed by atoms with E-state index in [1.165, 1.54) is 42.9 Å². The first-order chi connectivity index (χ1) is 25.0. The smallest absolute Gasteiger partial charge is 0.374 e. The van der Waals surface area contributed by atoms with E-state index in [-0.39, 0.29) is 33.0 Å². The molecule has 0 aliphatic heterocycles. The fourth-order valence-corrected chi connectivity index (χ4v) is 6.03. The lowest BCUT2D eigenvalue weighted by Crippen LogP contribution is -2.36. The summed E-state index contributed by atoms with van der Waals surface area (Å²) >= 11 is 0. The maximum Gasteiger partial charge on any atom is 0.374 e. The highest BCUT2D eigenvalue weighted by Gasteiger charge is 2.29. The predicted octanol–water partition coefficient (Wildman–Crippen LogP) is 8.19. The molecule has 0 aromatic heterocycles. The van der Waals surface area contributed by atoms with E-state index in [9.17, 15) is 24.6 Å². The van der Waals surface area contributed by atoms with E-state index in [0.717, 1.165) is 40.7 Å². The summed E-state index contributed by atoms with van der Waals surface area (Å²) in [5.41, 5.74) is 8.21. The lowest BCUT2D eigenvalue weighted by atomic mass is 9.87. The van der Waals surface area contributed by atoms with E-state index in [0.29, 0.717) is 43.4 Å². The number of aliphatic hydroxyl groups excluding tert-OH is 2. The van der Waals surface area contributed by atoms with Crippen LogP contribution in [0.15, 0.2) is 66.7 Å². The molecule has 0 atom stereocenters. The monoisotopic (exact) mass is 714 g/mol. The quantitative estimate of drug-likeness (QED) is 0.0437. The third-order valence-corrected chi connectivity index (χ3v) is 9.62. The largest absolute Gasteiger partial charge is 0.492 e. The molecule has 0 aliphatic carbocycles. The number of ketones is 1. The maximum absolute atomic E-state index is 12.1. The number of carbonyl (C=O) groups is 3. The number of carbonyl (C=O) groups excluding carboxylic acids is 3. The summed E-state index contributed by atoms with van der Waals surface area (Å²) in [6.45, 7) is 12.6. The second kappa shape index (κ2) is 21.3. The van der Waals surface area contributed by atoms with Gasteiger partial charge in [-0.15, -0.1) is 0 Å². The lowest BCUT2D eigenvalue weighted by Gasteiger charge is -2.29. The zero-order valence-corrected chi connectivity index (χ0v) is 31.9. The van der Waals surface area contributed by atoms with E-state index in [4.69, 9.17) is 14.2 Å². The van der Waals surface area contributed by atoms with Gasteiger partial charge in [-0.25, -0.2) is 9.59 Å². The highest BCUT2D eigenvalue weighted by atomic mass is 16.5. The van der Waals surface area contributed by atoms with Crippen LogP contribution in [0.25, 0.3) is 22.3 Å². The van der Waals surface area contributed by atoms with Crippen molar-refractivity contribution in [3.8, 4) is 28.0 Å². The first kappa shape index (κ1) is 42.1. The van der Waals surface area contributed by atoms with Crippen molar-refractivity contribution in [3.63, 3.8) is 0 Å². The van der Waals surface area contributed by atoms with E-state index in [1.54, 1.807) is 6.92 Å². The number of aryl methyl sites for hydroxylation is 4. The average molecular weight is 715 g/mol. The van der Waals surface area contributed by atoms with Gasteiger partial charge in [-0.3, -0.25) is 4.79 Å². The molecule has 0 fully saturated rings. The molecule has 2 N–H and O–H groups in total. The predicted molar refractivity (Wildman–Crippen MR) is 206 cm³/mol. The molecular formula is C44H58O8. The van der Waals surface area contributed by atoms with Gasteiger partial charge in [0.15, 0.2) is 0 Å². The molecule has 0 saturated heterocycles. The second-order valence-electron chi connectivity index (χ2n) is 13.8. The molecule has 0 heterocycles. The second-order valence-corrected chi connectivity index (χ2v) is 13.8. The van der Waals surface area contributed by atoms with Gasteiger partial charge in [-0.1, -0.05) is 82.7 Å². The fraction of sp³-hybridized carbons (Fsp3) is 0.477. The van der Waals surface area contributed by atoms with Gasteiger partial charge in [0.25, 0.3) is 0 Å². The SMILES string of the molecule is C=C(C)C(=O)OCCCc1cc(-c2ccc(-c3ccc(CCCCC)cc3)cc2CC)cc(CCCOC(=O)C(C)=O)c1OCC(CC)(CO)CO. The average Bonchev–Trinajstić information content (AvgIpc) is 3.16. The Morgan fingerprint density at radius 2 is 1.27 bits per heavy atom. The minimum Gasteiger partial charge on any atom is -0.492 e. The van der Waals surface area contributed by atoms with Gasteiger partial charge in [0, 0.05) is 12.5 Å². The van der Waals surface area contributed by atoms with E-state index in [1.807, 2.05) is 6.92 Å². The molecule has 282 valence electrons. The Balaban J connectivity index is 2.06. The van der Waals surface area contributed by atoms with E-state index < -0.39 is 23.1 Å². The van der Waals surface area contributed by atoms with E-state index >= 15 is 0 Å². The Labute approximate surface area is 310 Å². The van der Waals surface area contributed by atoms with Crippen molar-refractivity contribution >= 4 is 17.7 Å². The first-order valence-corrected chi connectivity index (χ1v) is 18.7. The number of hydrogen-bond donors (Lipinski definition) is 2. The number of aliphatic hydroxyl groups is 2. The van der Waals surface area contributed by atoms with Crippen LogP contribution < -0.4 is 4.74 Å². The summed E-state index contributed by atoms with van der Waals surface area (Å²) in [6.07, 6.45) is 8.03. The number of esters is 2. The van der Waals surface area contributed by atoms with Crippen molar-refractivity contribution in [2.75, 3.05) is 33.0 Å². The van der Waals surface area contributed by atoms with Crippen LogP contribution in [0.2, 0.25) is 0 Å². The number of Topliss-reactive ketones (excluding diaryl/α,β-unsaturated/α-hetero) is 1. The van der Waals surface area contributed by atoms with Gasteiger partial charge in [-0.2, -0.15) is 0 Å². The summed E-state index contributed by atoms with van der Waals surface area (Å²) in [5.74, 6) is -1.33. The summed E-state index contributed by atoms with van der Waals surface area (Å²) in [7, 11) is 0. The fourth-order valence-electron chi connectivity index (χ4n) is 6.03. The van der Waals surface area contributed by atoms with Crippen LogP contribution in [0.4, 0.5) is 0 Å². The van der Waals surface area contributed by atoms with Gasteiger partial charge in [0.05, 0.1) is 38.4 Å². The highest BCUT2D eigenvalue weighted by Crippen LogP contribution is 2.37. The molecule has 3 aromatic carbocycles. The molecule has 0 radical (unpaired) electrons. The summed E-state index contributed by atoms with van der Waals surface area (Å²) in [5, 5.41) is 20.3. The van der Waals surface area contributed by atoms with Gasteiger partial charge in [0.2, 0.25) is 5.78 Å². The number of unbranched alkanes of at least 4 members (excludes halogenated alkanes) is 2. The molecule has 0 amide bonds. The molecule has 0 bridgehead atoms. The topological polar surface area (TPSA) is 119 Å². The van der Waals surface area contributed by atoms with Crippen molar-refractivity contribution in [1.29, 1.82) is 0 Å². The molecular weight excluding hydrogens is 656 g/mol. The molecule has 0 saturated carbocycles. The van der Waals surface area contributed by atoms with Crippen LogP contribution in [-0.4, -0.2) is 61.0 Å². The molecule has 3 aromatic rings. The Bertz CT molecular complexity index is 1570.